The van der Waals surface area contributed by atoms with Crippen LogP contribution in [-0.2, 0) is 0 Å². The second kappa shape index (κ2) is 6.80. The molecule has 0 bridgehead atoms. The third-order valence-electron chi connectivity index (χ3n) is 3.41. The average molecular weight is 281 g/mol. The van der Waals surface area contributed by atoms with Crippen LogP contribution in [0.3, 0.4) is 0 Å². The number of nitrogens with two attached hydrogens (primary N) is 1. The second-order valence-corrected chi connectivity index (χ2v) is 6.06. The molecule has 1 aromatic heterocycles. The summed E-state index contributed by atoms with van der Waals surface area (Å²) in [5.74, 6) is -0.0366. The zero-order valence-corrected chi connectivity index (χ0v) is 12.4. The zero-order chi connectivity index (χ0) is 13.7. The Labute approximate surface area is 119 Å². The summed E-state index contributed by atoms with van der Waals surface area (Å²) < 4.78 is 0. The summed E-state index contributed by atoms with van der Waals surface area (Å²) in [6.07, 6.45) is 6.02. The van der Waals surface area contributed by atoms with Crippen molar-refractivity contribution in [3.63, 3.8) is 0 Å². The van der Waals surface area contributed by atoms with Gasteiger partial charge < -0.3 is 16.0 Å². The van der Waals surface area contributed by atoms with E-state index in [9.17, 15) is 4.79 Å². The topological polar surface area (TPSA) is 58.4 Å². The van der Waals surface area contributed by atoms with Crippen LogP contribution in [-0.4, -0.2) is 25.5 Å². The summed E-state index contributed by atoms with van der Waals surface area (Å²) in [7, 11) is 0. The Morgan fingerprint density at radius 2 is 2.05 bits per heavy atom. The molecule has 19 heavy (non-hydrogen) atoms. The van der Waals surface area contributed by atoms with Gasteiger partial charge in [0.25, 0.3) is 5.91 Å². The van der Waals surface area contributed by atoms with Gasteiger partial charge in [0.15, 0.2) is 0 Å². The number of hydrogen-bond acceptors (Lipinski definition) is 4. The third-order valence-corrected chi connectivity index (χ3v) is 4.62. The van der Waals surface area contributed by atoms with Crippen LogP contribution < -0.4 is 16.0 Å². The Hall–Kier alpha value is -1.23. The Bertz CT molecular complexity index is 422. The molecule has 1 aliphatic heterocycles. The number of nitrogens with one attached hydrogen (secondary N) is 1. The van der Waals surface area contributed by atoms with Gasteiger partial charge in [-0.2, -0.15) is 0 Å². The van der Waals surface area contributed by atoms with Crippen molar-refractivity contribution in [3.8, 4) is 0 Å². The monoisotopic (exact) mass is 281 g/mol. The van der Waals surface area contributed by atoms with Gasteiger partial charge >= 0.3 is 0 Å². The van der Waals surface area contributed by atoms with Crippen molar-refractivity contribution in [2.75, 3.05) is 30.3 Å². The molecule has 3 N–H and O–H groups in total. The van der Waals surface area contributed by atoms with Gasteiger partial charge in [-0.1, -0.05) is 19.8 Å². The molecule has 2 heterocycles. The summed E-state index contributed by atoms with van der Waals surface area (Å²) in [6, 6.07) is 1.96. The lowest BCUT2D eigenvalue weighted by molar-refractivity contribution is 0.0958. The number of anilines is 2. The van der Waals surface area contributed by atoms with Crippen LogP contribution in [0, 0.1) is 0 Å². The van der Waals surface area contributed by atoms with Crippen molar-refractivity contribution in [2.45, 2.75) is 39.0 Å². The first kappa shape index (κ1) is 14.2. The first-order valence-electron chi connectivity index (χ1n) is 7.15. The molecule has 1 amide bonds. The number of hydrogen-bond donors (Lipinski definition) is 2. The minimum Gasteiger partial charge on any atom is -0.397 e. The molecule has 0 spiro atoms. The lowest BCUT2D eigenvalue weighted by Crippen LogP contribution is -2.24. The van der Waals surface area contributed by atoms with Gasteiger partial charge in [0.1, 0.15) is 4.88 Å². The summed E-state index contributed by atoms with van der Waals surface area (Å²) >= 11 is 1.52. The van der Waals surface area contributed by atoms with E-state index in [2.05, 4.69) is 10.2 Å². The van der Waals surface area contributed by atoms with Crippen molar-refractivity contribution in [2.24, 2.45) is 0 Å². The van der Waals surface area contributed by atoms with Crippen LogP contribution >= 0.6 is 11.3 Å². The number of thiophene rings is 1. The smallest absolute Gasteiger partial charge is 0.263 e. The SMILES string of the molecule is CCCNC(=O)c1sc(N2CCCCCC2)cc1N. The highest BCUT2D eigenvalue weighted by Crippen LogP contribution is 2.33. The van der Waals surface area contributed by atoms with Gasteiger partial charge in [-0.05, 0) is 25.3 Å². The van der Waals surface area contributed by atoms with E-state index in [0.717, 1.165) is 24.5 Å². The van der Waals surface area contributed by atoms with Gasteiger partial charge in [0.05, 0.1) is 10.7 Å². The van der Waals surface area contributed by atoms with E-state index in [1.54, 1.807) is 0 Å². The molecule has 4 nitrogen and oxygen atoms in total. The fourth-order valence-corrected chi connectivity index (χ4v) is 3.38. The van der Waals surface area contributed by atoms with Crippen LogP contribution in [0.5, 0.6) is 0 Å². The fraction of sp³-hybridized carbons (Fsp3) is 0.643. The van der Waals surface area contributed by atoms with Gasteiger partial charge in [0, 0.05) is 19.6 Å². The normalized spacial score (nSPS) is 16.2. The van der Waals surface area contributed by atoms with E-state index in [1.807, 2.05) is 13.0 Å². The lowest BCUT2D eigenvalue weighted by Gasteiger charge is -2.19. The Morgan fingerprint density at radius 1 is 1.37 bits per heavy atom. The van der Waals surface area contributed by atoms with Crippen molar-refractivity contribution >= 4 is 27.9 Å². The molecule has 1 saturated heterocycles. The van der Waals surface area contributed by atoms with E-state index in [1.165, 1.54) is 37.0 Å². The van der Waals surface area contributed by atoms with E-state index in [-0.39, 0.29) is 5.91 Å². The zero-order valence-electron chi connectivity index (χ0n) is 11.6. The summed E-state index contributed by atoms with van der Waals surface area (Å²) in [5, 5.41) is 4.03. The fourth-order valence-electron chi connectivity index (χ4n) is 2.33. The number of nitrogen functional groups attached to an aromatic ring is 1. The molecule has 1 fully saturated rings. The number of amides is 1. The molecule has 0 aliphatic carbocycles. The van der Waals surface area contributed by atoms with Crippen molar-refractivity contribution in [1.82, 2.24) is 5.32 Å². The van der Waals surface area contributed by atoms with Gasteiger partial charge in [-0.15, -0.1) is 11.3 Å². The Kier molecular flexibility index (Phi) is 5.07. The number of nitrogens with zero attached hydrogens (tertiary/aromatic N) is 1. The van der Waals surface area contributed by atoms with E-state index in [4.69, 9.17) is 5.73 Å². The molecule has 0 atom stereocenters. The molecule has 0 saturated carbocycles. The number of carbonyl (C=O) groups is 1. The maximum absolute atomic E-state index is 12.0. The summed E-state index contributed by atoms with van der Waals surface area (Å²) in [6.45, 7) is 4.90. The molecule has 106 valence electrons. The minimum absolute atomic E-state index is 0.0366. The summed E-state index contributed by atoms with van der Waals surface area (Å²) in [4.78, 5) is 15.0. The highest BCUT2D eigenvalue weighted by atomic mass is 32.1. The van der Waals surface area contributed by atoms with E-state index in [0.29, 0.717) is 17.1 Å². The van der Waals surface area contributed by atoms with Crippen LogP contribution in [0.15, 0.2) is 6.07 Å². The van der Waals surface area contributed by atoms with Gasteiger partial charge in [0.2, 0.25) is 0 Å². The number of rotatable bonds is 4. The van der Waals surface area contributed by atoms with E-state index < -0.39 is 0 Å². The molecule has 1 aromatic rings. The highest BCUT2D eigenvalue weighted by Gasteiger charge is 2.18. The van der Waals surface area contributed by atoms with Crippen LogP contribution in [0.4, 0.5) is 10.7 Å². The lowest BCUT2D eigenvalue weighted by atomic mass is 10.2. The quantitative estimate of drug-likeness (QED) is 0.892. The molecule has 0 unspecified atom stereocenters. The van der Waals surface area contributed by atoms with Gasteiger partial charge in [-0.3, -0.25) is 4.79 Å². The molecule has 0 aromatic carbocycles. The van der Waals surface area contributed by atoms with Crippen molar-refractivity contribution < 1.29 is 4.79 Å². The molecule has 1 aliphatic rings. The van der Waals surface area contributed by atoms with Crippen molar-refractivity contribution in [3.05, 3.63) is 10.9 Å². The largest absolute Gasteiger partial charge is 0.397 e. The summed E-state index contributed by atoms with van der Waals surface area (Å²) in [5.41, 5.74) is 6.59. The Balaban J connectivity index is 2.08. The van der Waals surface area contributed by atoms with Crippen LogP contribution in [0.1, 0.15) is 48.7 Å². The molecular formula is C14H23N3OS. The van der Waals surface area contributed by atoms with Crippen LogP contribution in [0.25, 0.3) is 0 Å². The Morgan fingerprint density at radius 3 is 2.68 bits per heavy atom. The molecule has 5 heteroatoms. The average Bonchev–Trinajstić information content (AvgIpc) is 2.65. The van der Waals surface area contributed by atoms with Crippen molar-refractivity contribution in [1.29, 1.82) is 0 Å². The third kappa shape index (κ3) is 3.62. The van der Waals surface area contributed by atoms with Gasteiger partial charge in [-0.25, -0.2) is 0 Å². The second-order valence-electron chi connectivity index (χ2n) is 5.03. The standard InChI is InChI=1S/C14H23N3OS/c1-2-7-16-14(18)13-11(15)10-12(19-13)17-8-5-3-4-6-9-17/h10H,2-9,15H2,1H3,(H,16,18). The molecule has 0 radical (unpaired) electrons. The highest BCUT2D eigenvalue weighted by molar-refractivity contribution is 7.18. The minimum atomic E-state index is -0.0366. The first-order chi connectivity index (χ1) is 9.22. The number of carbonyl (C=O) groups excluding carboxylic acids is 1. The first-order valence-corrected chi connectivity index (χ1v) is 7.96. The maximum atomic E-state index is 12.0. The van der Waals surface area contributed by atoms with Crippen LogP contribution in [0.2, 0.25) is 0 Å². The predicted molar refractivity (Wildman–Crippen MR) is 82.0 cm³/mol. The predicted octanol–water partition coefficient (Wildman–Crippen LogP) is 2.85. The molecular weight excluding hydrogens is 258 g/mol. The maximum Gasteiger partial charge on any atom is 0.263 e. The molecule has 2 rings (SSSR count). The van der Waals surface area contributed by atoms with E-state index >= 15 is 0 Å².